The summed E-state index contributed by atoms with van der Waals surface area (Å²) in [5, 5.41) is 12.3. The Morgan fingerprint density at radius 2 is 2.16 bits per heavy atom. The Kier molecular flexibility index (Phi) is 3.52. The van der Waals surface area contributed by atoms with Gasteiger partial charge in [-0.05, 0) is 6.92 Å². The van der Waals surface area contributed by atoms with E-state index in [4.69, 9.17) is 9.84 Å². The first-order valence-corrected chi connectivity index (χ1v) is 5.90. The first-order chi connectivity index (χ1) is 8.89. The monoisotopic (exact) mass is 269 g/mol. The van der Waals surface area contributed by atoms with E-state index in [0.717, 1.165) is 0 Å². The molecule has 0 aromatic rings. The van der Waals surface area contributed by atoms with Crippen LogP contribution in [0.3, 0.4) is 0 Å². The predicted molar refractivity (Wildman–Crippen MR) is 63.4 cm³/mol. The van der Waals surface area contributed by atoms with Crippen molar-refractivity contribution in [3.05, 3.63) is 0 Å². The minimum atomic E-state index is -1.04. The Hall–Kier alpha value is -1.96. The Morgan fingerprint density at radius 1 is 1.47 bits per heavy atom. The van der Waals surface area contributed by atoms with Gasteiger partial charge in [0.2, 0.25) is 5.91 Å². The normalized spacial score (nSPS) is 21.2. The van der Waals surface area contributed by atoms with Crippen molar-refractivity contribution in [2.75, 3.05) is 19.7 Å². The van der Waals surface area contributed by atoms with Crippen LogP contribution >= 0.6 is 0 Å². The van der Waals surface area contributed by atoms with Gasteiger partial charge in [0.1, 0.15) is 17.9 Å². The second-order valence-electron chi connectivity index (χ2n) is 4.89. The predicted octanol–water partition coefficient (Wildman–Crippen LogP) is -1.05. The zero-order chi connectivity index (χ0) is 14.0. The molecule has 0 saturated carbocycles. The molecule has 0 aliphatic carbocycles. The number of carbonyl (C=O) groups is 3. The first kappa shape index (κ1) is 13.5. The third-order valence-electron chi connectivity index (χ3n) is 3.03. The van der Waals surface area contributed by atoms with Crippen LogP contribution in [0.25, 0.3) is 0 Å². The van der Waals surface area contributed by atoms with E-state index in [-0.39, 0.29) is 24.8 Å². The molecule has 2 heterocycles. The number of carboxylic acids is 1. The second kappa shape index (κ2) is 4.96. The molecule has 0 radical (unpaired) electrons. The van der Waals surface area contributed by atoms with Gasteiger partial charge in [0.25, 0.3) is 5.91 Å². The summed E-state index contributed by atoms with van der Waals surface area (Å²) in [5.41, 5.74) is 1.97. The smallest absolute Gasteiger partial charge is 0.329 e. The van der Waals surface area contributed by atoms with Crippen LogP contribution in [0.2, 0.25) is 0 Å². The topological polar surface area (TPSA) is 108 Å². The lowest BCUT2D eigenvalue weighted by atomic mass is 9.95. The van der Waals surface area contributed by atoms with Crippen molar-refractivity contribution in [2.24, 2.45) is 5.10 Å². The van der Waals surface area contributed by atoms with Gasteiger partial charge in [-0.25, -0.2) is 10.2 Å². The highest BCUT2D eigenvalue weighted by molar-refractivity contribution is 6.39. The second-order valence-corrected chi connectivity index (χ2v) is 4.89. The van der Waals surface area contributed by atoms with Gasteiger partial charge in [-0.2, -0.15) is 5.10 Å². The summed E-state index contributed by atoms with van der Waals surface area (Å²) >= 11 is 0. The van der Waals surface area contributed by atoms with Gasteiger partial charge in [0.15, 0.2) is 0 Å². The highest BCUT2D eigenvalue weighted by Gasteiger charge is 2.44. The van der Waals surface area contributed by atoms with E-state index in [1.54, 1.807) is 6.92 Å². The number of nitrogens with one attached hydrogen (secondary N) is 1. The van der Waals surface area contributed by atoms with Crippen LogP contribution in [0.15, 0.2) is 5.10 Å². The van der Waals surface area contributed by atoms with Gasteiger partial charge >= 0.3 is 5.97 Å². The van der Waals surface area contributed by atoms with Gasteiger partial charge in [-0.3, -0.25) is 9.59 Å². The molecule has 1 saturated heterocycles. The van der Waals surface area contributed by atoms with Crippen molar-refractivity contribution in [3.8, 4) is 0 Å². The van der Waals surface area contributed by atoms with Crippen molar-refractivity contribution in [1.29, 1.82) is 0 Å². The highest BCUT2D eigenvalue weighted by Crippen LogP contribution is 2.25. The zero-order valence-corrected chi connectivity index (χ0v) is 10.5. The van der Waals surface area contributed by atoms with Crippen molar-refractivity contribution in [3.63, 3.8) is 0 Å². The first-order valence-electron chi connectivity index (χ1n) is 5.90. The molecule has 2 rings (SSSR count). The van der Waals surface area contributed by atoms with Crippen LogP contribution in [0.4, 0.5) is 0 Å². The van der Waals surface area contributed by atoms with Crippen LogP contribution in [0.5, 0.6) is 0 Å². The van der Waals surface area contributed by atoms with Crippen molar-refractivity contribution >= 4 is 23.5 Å². The maximum Gasteiger partial charge on any atom is 0.329 e. The fourth-order valence-corrected chi connectivity index (χ4v) is 2.04. The van der Waals surface area contributed by atoms with Crippen molar-refractivity contribution < 1.29 is 24.2 Å². The Morgan fingerprint density at radius 3 is 2.68 bits per heavy atom. The molecule has 0 aromatic heterocycles. The van der Waals surface area contributed by atoms with Crippen molar-refractivity contribution in [1.82, 2.24) is 10.3 Å². The van der Waals surface area contributed by atoms with Crippen molar-refractivity contribution in [2.45, 2.75) is 25.4 Å². The van der Waals surface area contributed by atoms with E-state index >= 15 is 0 Å². The molecule has 2 amide bonds. The van der Waals surface area contributed by atoms with Crippen LogP contribution in [0, 0.1) is 0 Å². The molecule has 0 atom stereocenters. The number of aliphatic carboxylic acids is 1. The lowest BCUT2D eigenvalue weighted by Crippen LogP contribution is -2.64. The number of ether oxygens (including phenoxy) is 1. The lowest BCUT2D eigenvalue weighted by Gasteiger charge is -2.47. The maximum atomic E-state index is 12.0. The fourth-order valence-electron chi connectivity index (χ4n) is 2.04. The van der Waals surface area contributed by atoms with Gasteiger partial charge in [-0.15, -0.1) is 0 Å². The summed E-state index contributed by atoms with van der Waals surface area (Å²) in [6.07, 6.45) is 0.582. The molecular formula is C11H15N3O5. The van der Waals surface area contributed by atoms with Crippen LogP contribution in [-0.4, -0.2) is 58.8 Å². The fraction of sp³-hybridized carbons (Fsp3) is 0.636. The highest BCUT2D eigenvalue weighted by atomic mass is 16.5. The quantitative estimate of drug-likeness (QED) is 0.677. The summed E-state index contributed by atoms with van der Waals surface area (Å²) < 4.78 is 5.21. The molecule has 2 aliphatic rings. The maximum absolute atomic E-state index is 12.0. The number of nitrogens with zero attached hydrogens (tertiary/aromatic N) is 2. The number of amides is 2. The third kappa shape index (κ3) is 3.08. The largest absolute Gasteiger partial charge is 0.480 e. The summed E-state index contributed by atoms with van der Waals surface area (Å²) in [6.45, 7) is 2.03. The van der Waals surface area contributed by atoms with E-state index in [9.17, 15) is 14.4 Å². The van der Waals surface area contributed by atoms with E-state index < -0.39 is 11.6 Å². The van der Waals surface area contributed by atoms with Gasteiger partial charge in [-0.1, -0.05) is 0 Å². The van der Waals surface area contributed by atoms with E-state index in [2.05, 4.69) is 10.5 Å². The zero-order valence-electron chi connectivity index (χ0n) is 10.5. The van der Waals surface area contributed by atoms with Gasteiger partial charge in [0.05, 0.1) is 13.1 Å². The molecule has 2 aliphatic heterocycles. The molecule has 0 bridgehead atoms. The molecule has 2 N–H and O–H groups in total. The minimum absolute atomic E-state index is 0.199. The molecule has 8 nitrogen and oxygen atoms in total. The summed E-state index contributed by atoms with van der Waals surface area (Å²) in [4.78, 5) is 34.8. The summed E-state index contributed by atoms with van der Waals surface area (Å²) in [7, 11) is 0. The number of hydrogen-bond donors (Lipinski definition) is 2. The molecule has 0 aromatic carbocycles. The van der Waals surface area contributed by atoms with Gasteiger partial charge < -0.3 is 14.7 Å². The van der Waals surface area contributed by atoms with Crippen LogP contribution in [-0.2, 0) is 19.1 Å². The molecule has 8 heteroatoms. The minimum Gasteiger partial charge on any atom is -0.480 e. The third-order valence-corrected chi connectivity index (χ3v) is 3.03. The number of rotatable bonds is 4. The molecule has 1 fully saturated rings. The molecule has 0 unspecified atom stereocenters. The number of hydrogen-bond acceptors (Lipinski definition) is 5. The van der Waals surface area contributed by atoms with Crippen LogP contribution in [0.1, 0.15) is 19.8 Å². The van der Waals surface area contributed by atoms with Gasteiger partial charge in [0, 0.05) is 12.8 Å². The Bertz CT molecular complexity index is 453. The number of likely N-dealkylation sites (tertiary alicyclic amines) is 1. The average molecular weight is 269 g/mol. The van der Waals surface area contributed by atoms with Crippen LogP contribution < -0.4 is 5.43 Å². The summed E-state index contributed by atoms with van der Waals surface area (Å²) in [6, 6.07) is 0. The van der Waals surface area contributed by atoms with E-state index in [1.165, 1.54) is 4.90 Å². The standard InChI is InChI=1S/C11H15N3O5/c1-11(19-4-9(16)17)5-14(6-11)10(18)7-2-3-8(15)13-12-7/h2-6H2,1H3,(H,13,15)(H,16,17). The molecule has 104 valence electrons. The number of carboxylic acid groups (broad SMARTS) is 1. The molecular weight excluding hydrogens is 254 g/mol. The Balaban J connectivity index is 1.84. The molecule has 19 heavy (non-hydrogen) atoms. The molecule has 0 spiro atoms. The average Bonchev–Trinajstić information content (AvgIpc) is 2.33. The summed E-state index contributed by atoms with van der Waals surface area (Å²) in [5.74, 6) is -1.48. The number of carbonyl (C=O) groups excluding carboxylic acids is 2. The number of hydrazone groups is 1. The van der Waals surface area contributed by atoms with E-state index in [1.807, 2.05) is 0 Å². The SMILES string of the molecule is CC1(OCC(=O)O)CN(C(=O)C2=NNC(=O)CC2)C1. The Labute approximate surface area is 109 Å². The van der Waals surface area contributed by atoms with E-state index in [0.29, 0.717) is 25.2 Å². The lowest BCUT2D eigenvalue weighted by molar-refractivity contribution is -0.169.